The molecule has 7 heteroatoms. The summed E-state index contributed by atoms with van der Waals surface area (Å²) in [4.78, 5) is 17.1. The first-order valence-corrected chi connectivity index (χ1v) is 9.44. The van der Waals surface area contributed by atoms with Gasteiger partial charge in [0.25, 0.3) is 5.91 Å². The molecule has 0 aliphatic heterocycles. The maximum atomic E-state index is 13.0. The number of amides is 1. The zero-order valence-electron chi connectivity index (χ0n) is 15.4. The highest BCUT2D eigenvalue weighted by molar-refractivity contribution is 7.98. The molecule has 0 saturated carbocycles. The third-order valence-electron chi connectivity index (χ3n) is 3.91. The summed E-state index contributed by atoms with van der Waals surface area (Å²) in [5, 5.41) is 3.45. The van der Waals surface area contributed by atoms with E-state index in [-0.39, 0.29) is 11.7 Å². The molecule has 0 atom stereocenters. The number of anilines is 1. The van der Waals surface area contributed by atoms with Crippen LogP contribution in [0.25, 0.3) is 0 Å². The minimum atomic E-state index is -0.287. The summed E-state index contributed by atoms with van der Waals surface area (Å²) in [7, 11) is 3.09. The lowest BCUT2D eigenvalue weighted by atomic mass is 10.2. The Bertz CT molecular complexity index is 942. The Hall–Kier alpha value is -3.06. The van der Waals surface area contributed by atoms with Crippen molar-refractivity contribution in [3.05, 3.63) is 77.7 Å². The number of nitrogens with one attached hydrogen (secondary N) is 1. The number of nitrogens with zero attached hydrogens (tertiary/aromatic N) is 1. The first kappa shape index (κ1) is 19.7. The van der Waals surface area contributed by atoms with Crippen molar-refractivity contribution in [3.63, 3.8) is 0 Å². The smallest absolute Gasteiger partial charge is 0.258 e. The molecule has 3 aromatic rings. The van der Waals surface area contributed by atoms with E-state index >= 15 is 0 Å². The number of halogens is 1. The monoisotopic (exact) mass is 398 g/mol. The minimum Gasteiger partial charge on any atom is -0.497 e. The van der Waals surface area contributed by atoms with E-state index in [4.69, 9.17) is 9.47 Å². The van der Waals surface area contributed by atoms with E-state index in [0.717, 1.165) is 5.56 Å². The van der Waals surface area contributed by atoms with Gasteiger partial charge in [-0.1, -0.05) is 12.1 Å². The summed E-state index contributed by atoms with van der Waals surface area (Å²) in [6.07, 6.45) is 1.64. The van der Waals surface area contributed by atoms with Crippen molar-refractivity contribution >= 4 is 23.4 Å². The van der Waals surface area contributed by atoms with Crippen molar-refractivity contribution in [3.8, 4) is 11.5 Å². The predicted molar refractivity (Wildman–Crippen MR) is 108 cm³/mol. The number of hydrogen-bond acceptors (Lipinski definition) is 5. The third kappa shape index (κ3) is 5.01. The van der Waals surface area contributed by atoms with Crippen molar-refractivity contribution in [2.24, 2.45) is 0 Å². The van der Waals surface area contributed by atoms with E-state index in [9.17, 15) is 9.18 Å². The Balaban J connectivity index is 1.76. The first-order chi connectivity index (χ1) is 13.6. The minimum absolute atomic E-state index is 0.277. The number of pyridine rings is 1. The van der Waals surface area contributed by atoms with Gasteiger partial charge >= 0.3 is 0 Å². The average Bonchev–Trinajstić information content (AvgIpc) is 2.73. The second-order valence-electron chi connectivity index (χ2n) is 5.83. The van der Waals surface area contributed by atoms with E-state index in [0.29, 0.717) is 33.5 Å². The molecule has 1 amide bonds. The fourth-order valence-corrected chi connectivity index (χ4v) is 3.44. The summed E-state index contributed by atoms with van der Waals surface area (Å²) in [6, 6.07) is 14.8. The van der Waals surface area contributed by atoms with Gasteiger partial charge in [0.2, 0.25) is 0 Å². The Morgan fingerprint density at radius 2 is 1.75 bits per heavy atom. The highest BCUT2D eigenvalue weighted by Crippen LogP contribution is 2.28. The number of ether oxygens (including phenoxy) is 2. The molecule has 0 fully saturated rings. The molecule has 1 heterocycles. The van der Waals surface area contributed by atoms with Crippen LogP contribution in [0.5, 0.6) is 11.5 Å². The highest BCUT2D eigenvalue weighted by Gasteiger charge is 2.14. The fraction of sp³-hybridized carbons (Fsp3) is 0.143. The van der Waals surface area contributed by atoms with Gasteiger partial charge in [0, 0.05) is 35.8 Å². The number of benzene rings is 2. The van der Waals surface area contributed by atoms with Crippen LogP contribution in [0.2, 0.25) is 0 Å². The SMILES string of the molecule is COc1cc(NC(=O)c2cccnc2SCc2ccc(F)cc2)cc(OC)c1. The molecule has 0 unspecified atom stereocenters. The number of rotatable bonds is 7. The van der Waals surface area contributed by atoms with Crippen LogP contribution in [0.4, 0.5) is 10.1 Å². The molecule has 1 N–H and O–H groups in total. The van der Waals surface area contributed by atoms with Gasteiger partial charge in [0.1, 0.15) is 22.3 Å². The zero-order valence-corrected chi connectivity index (χ0v) is 16.3. The molecular formula is C21H19FN2O3S. The van der Waals surface area contributed by atoms with Crippen LogP contribution < -0.4 is 14.8 Å². The Morgan fingerprint density at radius 3 is 2.39 bits per heavy atom. The molecule has 0 saturated heterocycles. The Kier molecular flexibility index (Phi) is 6.49. The van der Waals surface area contributed by atoms with E-state index in [1.807, 2.05) is 0 Å². The molecule has 2 aromatic carbocycles. The van der Waals surface area contributed by atoms with Gasteiger partial charge in [-0.05, 0) is 29.8 Å². The molecule has 0 bridgehead atoms. The molecular weight excluding hydrogens is 379 g/mol. The van der Waals surface area contributed by atoms with Crippen LogP contribution in [0.3, 0.4) is 0 Å². The summed E-state index contributed by atoms with van der Waals surface area (Å²) in [5.41, 5.74) is 1.96. The average molecular weight is 398 g/mol. The molecule has 144 valence electrons. The largest absolute Gasteiger partial charge is 0.497 e. The Labute approximate surface area is 166 Å². The van der Waals surface area contributed by atoms with Gasteiger partial charge < -0.3 is 14.8 Å². The maximum Gasteiger partial charge on any atom is 0.258 e. The fourth-order valence-electron chi connectivity index (χ4n) is 2.49. The van der Waals surface area contributed by atoms with Crippen molar-refractivity contribution in [1.29, 1.82) is 0 Å². The lowest BCUT2D eigenvalue weighted by Gasteiger charge is -2.11. The summed E-state index contributed by atoms with van der Waals surface area (Å²) in [5.74, 6) is 1.16. The number of hydrogen-bond donors (Lipinski definition) is 1. The van der Waals surface area contributed by atoms with Crippen LogP contribution in [0.15, 0.2) is 65.8 Å². The zero-order chi connectivity index (χ0) is 19.9. The van der Waals surface area contributed by atoms with E-state index in [1.54, 1.807) is 62.9 Å². The molecule has 28 heavy (non-hydrogen) atoms. The van der Waals surface area contributed by atoms with Crippen molar-refractivity contribution < 1.29 is 18.7 Å². The Morgan fingerprint density at radius 1 is 1.07 bits per heavy atom. The third-order valence-corrected chi connectivity index (χ3v) is 4.99. The van der Waals surface area contributed by atoms with Gasteiger partial charge in [-0.3, -0.25) is 4.79 Å². The quantitative estimate of drug-likeness (QED) is 0.580. The normalized spacial score (nSPS) is 10.4. The van der Waals surface area contributed by atoms with E-state index < -0.39 is 0 Å². The number of thioether (sulfide) groups is 1. The highest BCUT2D eigenvalue weighted by atomic mass is 32.2. The van der Waals surface area contributed by atoms with Crippen LogP contribution in [-0.4, -0.2) is 25.1 Å². The second-order valence-corrected chi connectivity index (χ2v) is 6.79. The molecule has 0 aliphatic rings. The topological polar surface area (TPSA) is 60.5 Å². The van der Waals surface area contributed by atoms with Crippen molar-refractivity contribution in [2.45, 2.75) is 10.8 Å². The van der Waals surface area contributed by atoms with E-state index in [2.05, 4.69) is 10.3 Å². The van der Waals surface area contributed by atoms with Crippen LogP contribution in [-0.2, 0) is 5.75 Å². The van der Waals surface area contributed by atoms with Gasteiger partial charge in [-0.2, -0.15) is 0 Å². The van der Waals surface area contributed by atoms with Gasteiger partial charge in [-0.15, -0.1) is 11.8 Å². The van der Waals surface area contributed by atoms with Crippen LogP contribution >= 0.6 is 11.8 Å². The van der Waals surface area contributed by atoms with Crippen LogP contribution in [0.1, 0.15) is 15.9 Å². The lowest BCUT2D eigenvalue weighted by molar-refractivity contribution is 0.102. The molecule has 0 radical (unpaired) electrons. The molecule has 3 rings (SSSR count). The van der Waals surface area contributed by atoms with Gasteiger partial charge in [-0.25, -0.2) is 9.37 Å². The van der Waals surface area contributed by atoms with Gasteiger partial charge in [0.05, 0.1) is 19.8 Å². The van der Waals surface area contributed by atoms with E-state index in [1.165, 1.54) is 23.9 Å². The summed E-state index contributed by atoms with van der Waals surface area (Å²) < 4.78 is 23.5. The molecule has 0 aliphatic carbocycles. The van der Waals surface area contributed by atoms with Crippen molar-refractivity contribution in [1.82, 2.24) is 4.98 Å². The molecule has 1 aromatic heterocycles. The predicted octanol–water partition coefficient (Wildman–Crippen LogP) is 4.78. The summed E-state index contributed by atoms with van der Waals surface area (Å²) >= 11 is 1.42. The number of carbonyl (C=O) groups excluding carboxylic acids is 1. The van der Waals surface area contributed by atoms with Crippen molar-refractivity contribution in [2.75, 3.05) is 19.5 Å². The summed E-state index contributed by atoms with van der Waals surface area (Å²) in [6.45, 7) is 0. The number of aromatic nitrogens is 1. The standard InChI is InChI=1S/C21H19FN2O3S/c1-26-17-10-16(11-18(12-17)27-2)24-20(25)19-4-3-9-23-21(19)28-13-14-5-7-15(22)8-6-14/h3-12H,13H2,1-2H3,(H,24,25). The number of carbonyl (C=O) groups is 1. The molecule has 5 nitrogen and oxygen atoms in total. The van der Waals surface area contributed by atoms with Crippen LogP contribution in [0, 0.1) is 5.82 Å². The lowest BCUT2D eigenvalue weighted by Crippen LogP contribution is -2.13. The second kappa shape index (κ2) is 9.23. The molecule has 0 spiro atoms. The maximum absolute atomic E-state index is 13.0. The van der Waals surface area contributed by atoms with Gasteiger partial charge in [0.15, 0.2) is 0 Å². The first-order valence-electron chi connectivity index (χ1n) is 8.45. The number of methoxy groups -OCH3 is 2.